The fourth-order valence-corrected chi connectivity index (χ4v) is 0. The van der Waals surface area contributed by atoms with E-state index in [1.807, 2.05) is 0 Å². The van der Waals surface area contributed by atoms with Gasteiger partial charge in [-0.15, -0.1) is 0 Å². The number of aliphatic hydroxyl groups is 1. The van der Waals surface area contributed by atoms with Gasteiger partial charge in [0, 0.05) is 0 Å². The van der Waals surface area contributed by atoms with Crippen molar-refractivity contribution in [2.45, 2.75) is 0 Å². The molecule has 0 aromatic rings. The number of hydrogen-bond donors (Lipinski definition) is 1. The predicted molar refractivity (Wildman–Crippen MR) is 20.0 cm³/mol. The minimum Gasteiger partial charge on any atom is -0.362 e. The molecule has 3 heteroatoms. The first-order valence-corrected chi connectivity index (χ1v) is 1.77. The van der Waals surface area contributed by atoms with Crippen LogP contribution in [0.1, 0.15) is 0 Å². The Labute approximate surface area is 37.7 Å². The largest absolute Gasteiger partial charge is 0.362 e. The van der Waals surface area contributed by atoms with Crippen LogP contribution in [-0.4, -0.2) is 5.11 Å². The van der Waals surface area contributed by atoms with Crippen LogP contribution >= 0.6 is 27.5 Å². The second kappa shape index (κ2) is 2.00. The summed E-state index contributed by atoms with van der Waals surface area (Å²) in [6.45, 7) is 0. The van der Waals surface area contributed by atoms with Crippen LogP contribution in [0.15, 0.2) is 0 Å². The van der Waals surface area contributed by atoms with E-state index in [1.165, 1.54) is 0 Å². The third-order valence-electron chi connectivity index (χ3n) is 0. The summed E-state index contributed by atoms with van der Waals surface area (Å²) in [5, 5.41) is 7.65. The van der Waals surface area contributed by atoms with Crippen molar-refractivity contribution in [1.82, 2.24) is 0 Å². The maximum Gasteiger partial charge on any atom is 0.249 e. The predicted octanol–water partition coefficient (Wildman–Crippen LogP) is 1.44. The van der Waals surface area contributed by atoms with Crippen LogP contribution in [0.3, 0.4) is 0 Å². The van der Waals surface area contributed by atoms with E-state index in [0.29, 0.717) is 0 Å². The molecule has 0 amide bonds. The topological polar surface area (TPSA) is 20.2 Å². The van der Waals surface area contributed by atoms with Crippen molar-refractivity contribution >= 4 is 27.5 Å². The monoisotopic (exact) mass is 143 g/mol. The minimum atomic E-state index is -0.299. The normalized spacial score (nSPS) is 9.00. The zero-order valence-corrected chi connectivity index (χ0v) is 4.05. The molecule has 4 heavy (non-hydrogen) atoms. The third kappa shape index (κ3) is 15.3. The zero-order chi connectivity index (χ0) is 3.58. The molecule has 0 spiro atoms. The lowest BCUT2D eigenvalue weighted by molar-refractivity contribution is 0.426. The molecule has 0 fully saturated rings. The van der Waals surface area contributed by atoms with E-state index in [1.54, 1.807) is 0 Å². The first-order chi connectivity index (χ1) is 1.73. The minimum absolute atomic E-state index is 0.299. The Balaban J connectivity index is 2.32. The Morgan fingerprint density at radius 2 is 2.00 bits per heavy atom. The maximum atomic E-state index is 7.65. The van der Waals surface area contributed by atoms with Crippen LogP contribution in [0.5, 0.6) is 0 Å². The molecule has 0 aliphatic heterocycles. The Hall–Kier alpha value is 0.730. The lowest BCUT2D eigenvalue weighted by atomic mass is 11.7. The van der Waals surface area contributed by atoms with Gasteiger partial charge in [0.1, 0.15) is 0 Å². The summed E-state index contributed by atoms with van der Waals surface area (Å²) in [5.41, 5.74) is 0. The highest BCUT2D eigenvalue weighted by atomic mass is 79.9. The molecule has 1 N–H and O–H groups in total. The van der Waals surface area contributed by atoms with Crippen LogP contribution in [0.4, 0.5) is 0 Å². The number of hydrogen-bond acceptors (Lipinski definition) is 1. The summed E-state index contributed by atoms with van der Waals surface area (Å²) in [5.74, 6) is 0. The van der Waals surface area contributed by atoms with E-state index < -0.39 is 0 Å². The average molecular weight is 144 g/mol. The van der Waals surface area contributed by atoms with Crippen LogP contribution in [-0.2, 0) is 0 Å². The van der Waals surface area contributed by atoms with Crippen molar-refractivity contribution < 1.29 is 5.11 Å². The molecular weight excluding hydrogens is 143 g/mol. The molecule has 0 rings (SSSR count). The van der Waals surface area contributed by atoms with Gasteiger partial charge in [0.2, 0.25) is 4.47 Å². The van der Waals surface area contributed by atoms with Crippen molar-refractivity contribution in [2.75, 3.05) is 0 Å². The molecule has 0 saturated heterocycles. The van der Waals surface area contributed by atoms with Gasteiger partial charge in [-0.2, -0.15) is 0 Å². The van der Waals surface area contributed by atoms with E-state index >= 15 is 0 Å². The maximum absolute atomic E-state index is 7.65. The molecule has 1 radical (unpaired) electrons. The highest BCUT2D eigenvalue weighted by molar-refractivity contribution is 9.11. The summed E-state index contributed by atoms with van der Waals surface area (Å²) in [6, 6.07) is 0. The zero-order valence-electron chi connectivity index (χ0n) is 1.70. The van der Waals surface area contributed by atoms with Gasteiger partial charge >= 0.3 is 0 Å². The van der Waals surface area contributed by atoms with Gasteiger partial charge in [0.25, 0.3) is 0 Å². The van der Waals surface area contributed by atoms with Gasteiger partial charge in [-0.3, -0.25) is 0 Å². The summed E-state index contributed by atoms with van der Waals surface area (Å²) < 4.78 is -0.299. The molecule has 0 aliphatic carbocycles. The van der Waals surface area contributed by atoms with Gasteiger partial charge in [-0.25, -0.2) is 0 Å². The van der Waals surface area contributed by atoms with Crippen molar-refractivity contribution in [1.29, 1.82) is 0 Å². The summed E-state index contributed by atoms with van der Waals surface area (Å²) in [7, 11) is 0. The highest BCUT2D eigenvalue weighted by Gasteiger charge is 1.80. The van der Waals surface area contributed by atoms with Gasteiger partial charge in [0.15, 0.2) is 0 Å². The molecule has 0 aromatic carbocycles. The summed E-state index contributed by atoms with van der Waals surface area (Å²) in [4.78, 5) is 0. The van der Waals surface area contributed by atoms with E-state index in [9.17, 15) is 0 Å². The van der Waals surface area contributed by atoms with Crippen LogP contribution in [0, 0.1) is 4.47 Å². The van der Waals surface area contributed by atoms with Crippen LogP contribution < -0.4 is 0 Å². The molecular formula is CHBrClO. The van der Waals surface area contributed by atoms with Gasteiger partial charge in [0.05, 0.1) is 0 Å². The summed E-state index contributed by atoms with van der Waals surface area (Å²) in [6.07, 6.45) is 0. The highest BCUT2D eigenvalue weighted by Crippen LogP contribution is 2.06. The van der Waals surface area contributed by atoms with E-state index in [0.717, 1.165) is 0 Å². The van der Waals surface area contributed by atoms with Crippen molar-refractivity contribution in [3.05, 3.63) is 4.47 Å². The van der Waals surface area contributed by atoms with Gasteiger partial charge < -0.3 is 5.11 Å². The van der Waals surface area contributed by atoms with Crippen LogP contribution in [0.25, 0.3) is 0 Å². The van der Waals surface area contributed by atoms with Gasteiger partial charge in [-0.05, 0) is 15.9 Å². The summed E-state index contributed by atoms with van der Waals surface area (Å²) >= 11 is 7.17. The molecule has 0 atom stereocenters. The first-order valence-electron chi connectivity index (χ1n) is 0.602. The van der Waals surface area contributed by atoms with Crippen LogP contribution in [0.2, 0.25) is 0 Å². The average Bonchev–Trinajstić information content (AvgIpc) is 0.811. The van der Waals surface area contributed by atoms with Crippen molar-refractivity contribution in [2.24, 2.45) is 0 Å². The smallest absolute Gasteiger partial charge is 0.249 e. The molecule has 0 saturated carbocycles. The first kappa shape index (κ1) is 4.73. The second-order valence-electron chi connectivity index (χ2n) is 0.240. The Kier molecular flexibility index (Phi) is 2.36. The fraction of sp³-hybridized carbons (Fsp3) is 0. The standard InChI is InChI=1S/CHBrClO/c2-1(3)4/h4H. The van der Waals surface area contributed by atoms with Gasteiger partial charge in [-0.1, -0.05) is 11.6 Å². The molecule has 1 nitrogen and oxygen atoms in total. The quantitative estimate of drug-likeness (QED) is 0.545. The number of rotatable bonds is 0. The number of aliphatic hydroxyl groups excluding tert-OH is 1. The molecule has 0 bridgehead atoms. The third-order valence-corrected chi connectivity index (χ3v) is 0. The van der Waals surface area contributed by atoms with E-state index in [2.05, 4.69) is 27.5 Å². The lowest BCUT2D eigenvalue weighted by Gasteiger charge is -1.70. The van der Waals surface area contributed by atoms with E-state index in [4.69, 9.17) is 5.11 Å². The Morgan fingerprint density at radius 1 is 2.00 bits per heavy atom. The SMILES string of the molecule is O[C](Cl)Br. The molecule has 0 heterocycles. The Morgan fingerprint density at radius 3 is 2.00 bits per heavy atom. The fourth-order valence-electron chi connectivity index (χ4n) is 0. The lowest BCUT2D eigenvalue weighted by Crippen LogP contribution is -1.56. The van der Waals surface area contributed by atoms with E-state index in [-0.39, 0.29) is 4.47 Å². The molecule has 0 aliphatic rings. The Bertz CT molecular complexity index is 12.8. The second-order valence-corrected chi connectivity index (χ2v) is 1.81. The van der Waals surface area contributed by atoms with Crippen molar-refractivity contribution in [3.8, 4) is 0 Å². The van der Waals surface area contributed by atoms with Crippen molar-refractivity contribution in [3.63, 3.8) is 0 Å². The number of halogens is 2. The molecule has 0 unspecified atom stereocenters. The molecule has 0 aromatic heterocycles. The molecule has 25 valence electrons.